The largest absolute Gasteiger partial charge is 0.295 e. The van der Waals surface area contributed by atoms with Crippen LogP contribution in [0.2, 0.25) is 0 Å². The van der Waals surface area contributed by atoms with Gasteiger partial charge in [-0.25, -0.2) is 9.97 Å². The number of carbonyl (C=O) groups is 1. The average molecular weight is 333 g/mol. The van der Waals surface area contributed by atoms with Crippen LogP contribution in [0.4, 0.5) is 0 Å². The van der Waals surface area contributed by atoms with Crippen molar-refractivity contribution in [2.45, 2.75) is 86.5 Å². The zero-order chi connectivity index (χ0) is 18.4. The lowest BCUT2D eigenvalue weighted by Gasteiger charge is -2.17. The second-order valence-electron chi connectivity index (χ2n) is 5.80. The Balaban J connectivity index is 0.00000254. The second-order valence-corrected chi connectivity index (χ2v) is 5.80. The number of nitrogens with zero attached hydrogens (tertiary/aromatic N) is 2. The van der Waals surface area contributed by atoms with Crippen LogP contribution in [0.25, 0.3) is 0 Å². The Morgan fingerprint density at radius 2 is 1.83 bits per heavy atom. The Morgan fingerprint density at radius 3 is 2.38 bits per heavy atom. The normalized spacial score (nSPS) is 11.2. The summed E-state index contributed by atoms with van der Waals surface area (Å²) in [6.07, 6.45) is 10.4. The molecule has 0 N–H and O–H groups in total. The summed E-state index contributed by atoms with van der Waals surface area (Å²) >= 11 is 0. The number of hydrogen-bond acceptors (Lipinski definition) is 3. The van der Waals surface area contributed by atoms with Crippen molar-refractivity contribution in [1.29, 1.82) is 0 Å². The third-order valence-corrected chi connectivity index (χ3v) is 4.12. The first-order chi connectivity index (χ1) is 11.6. The smallest absolute Gasteiger partial charge is 0.155 e. The van der Waals surface area contributed by atoms with Crippen molar-refractivity contribution in [3.8, 4) is 0 Å². The molecule has 1 aromatic rings. The fourth-order valence-corrected chi connectivity index (χ4v) is 2.64. The van der Waals surface area contributed by atoms with Crippen molar-refractivity contribution in [1.82, 2.24) is 9.97 Å². The molecule has 0 saturated carbocycles. The lowest BCUT2D eigenvalue weighted by molar-refractivity contribution is -0.114. The number of ketones is 1. The number of aryl methyl sites for hydroxylation is 1. The molecule has 0 bridgehead atoms. The second kappa shape index (κ2) is 13.9. The fraction of sp³-hybridized carbons (Fsp3) is 0.667. The van der Waals surface area contributed by atoms with E-state index < -0.39 is 0 Å². The van der Waals surface area contributed by atoms with E-state index in [0.717, 1.165) is 37.2 Å². The quantitative estimate of drug-likeness (QED) is 0.514. The average Bonchev–Trinajstić information content (AvgIpc) is 2.62. The van der Waals surface area contributed by atoms with E-state index in [1.807, 2.05) is 39.1 Å². The number of hydrogen-bond donors (Lipinski definition) is 0. The van der Waals surface area contributed by atoms with Gasteiger partial charge >= 0.3 is 0 Å². The predicted molar refractivity (Wildman–Crippen MR) is 103 cm³/mol. The lowest BCUT2D eigenvalue weighted by atomic mass is 9.90. The molecule has 0 radical (unpaired) electrons. The molecule has 0 aromatic carbocycles. The van der Waals surface area contributed by atoms with E-state index in [9.17, 15) is 4.79 Å². The first-order valence-corrected chi connectivity index (χ1v) is 9.68. The van der Waals surface area contributed by atoms with Gasteiger partial charge in [-0.05, 0) is 43.7 Å². The maximum absolute atomic E-state index is 11.8. The van der Waals surface area contributed by atoms with Gasteiger partial charge in [0.1, 0.15) is 5.82 Å². The molecular weight excluding hydrogens is 296 g/mol. The molecule has 3 heteroatoms. The van der Waals surface area contributed by atoms with E-state index in [-0.39, 0.29) is 5.78 Å². The van der Waals surface area contributed by atoms with Crippen molar-refractivity contribution in [2.24, 2.45) is 5.92 Å². The van der Waals surface area contributed by atoms with Crippen LogP contribution in [0.1, 0.15) is 85.2 Å². The van der Waals surface area contributed by atoms with Crippen LogP contribution in [0.3, 0.4) is 0 Å². The van der Waals surface area contributed by atoms with Gasteiger partial charge in [0.25, 0.3) is 0 Å². The van der Waals surface area contributed by atoms with Crippen molar-refractivity contribution in [3.63, 3.8) is 0 Å². The van der Waals surface area contributed by atoms with Crippen LogP contribution >= 0.6 is 0 Å². The highest BCUT2D eigenvalue weighted by Crippen LogP contribution is 2.22. The van der Waals surface area contributed by atoms with E-state index in [1.165, 1.54) is 12.0 Å². The standard InChI is InChI=1S/C19H30N2O.C2H6/c1-5-9-10-17-11-12-20-19(21-17)14-16(13-18(22)8-4)15(6-2)7-3;1-2/h11-13,15H,5-10,14H2,1-4H3;1-2H3/b16-13-;. The minimum absolute atomic E-state index is 0.198. The monoisotopic (exact) mass is 332 g/mol. The van der Waals surface area contributed by atoms with Gasteiger partial charge in [0, 0.05) is 24.7 Å². The highest BCUT2D eigenvalue weighted by atomic mass is 16.1. The van der Waals surface area contributed by atoms with Gasteiger partial charge in [-0.15, -0.1) is 0 Å². The molecule has 0 spiro atoms. The van der Waals surface area contributed by atoms with Crippen molar-refractivity contribution in [3.05, 3.63) is 35.4 Å². The van der Waals surface area contributed by atoms with Gasteiger partial charge in [-0.3, -0.25) is 4.79 Å². The summed E-state index contributed by atoms with van der Waals surface area (Å²) in [6, 6.07) is 2.00. The van der Waals surface area contributed by atoms with Crippen molar-refractivity contribution in [2.75, 3.05) is 0 Å². The van der Waals surface area contributed by atoms with Gasteiger partial charge in [0.05, 0.1) is 0 Å². The maximum Gasteiger partial charge on any atom is 0.155 e. The molecule has 0 fully saturated rings. The van der Waals surface area contributed by atoms with E-state index >= 15 is 0 Å². The van der Waals surface area contributed by atoms with Crippen LogP contribution in [0.15, 0.2) is 23.9 Å². The van der Waals surface area contributed by atoms with Crippen LogP contribution in [-0.2, 0) is 17.6 Å². The summed E-state index contributed by atoms with van der Waals surface area (Å²) < 4.78 is 0. The molecule has 0 amide bonds. The molecule has 3 nitrogen and oxygen atoms in total. The molecule has 136 valence electrons. The first kappa shape index (κ1) is 22.5. The summed E-state index contributed by atoms with van der Waals surface area (Å²) in [7, 11) is 0. The third-order valence-electron chi connectivity index (χ3n) is 4.12. The molecule has 1 aromatic heterocycles. The molecule has 24 heavy (non-hydrogen) atoms. The van der Waals surface area contributed by atoms with Gasteiger partial charge in [-0.2, -0.15) is 0 Å². The number of carbonyl (C=O) groups excluding carboxylic acids is 1. The highest BCUT2D eigenvalue weighted by Gasteiger charge is 2.14. The Labute approximate surface area is 149 Å². The summed E-state index contributed by atoms with van der Waals surface area (Å²) in [5.41, 5.74) is 2.29. The van der Waals surface area contributed by atoms with Gasteiger partial charge in [0.2, 0.25) is 0 Å². The third kappa shape index (κ3) is 8.37. The highest BCUT2D eigenvalue weighted by molar-refractivity contribution is 5.90. The predicted octanol–water partition coefficient (Wildman–Crippen LogP) is 5.73. The van der Waals surface area contributed by atoms with Crippen LogP contribution in [-0.4, -0.2) is 15.8 Å². The SMILES string of the molecule is CC.CCCCc1ccnc(C/C(=C/C(=O)CC)C(CC)CC)n1. The molecule has 0 aliphatic carbocycles. The van der Waals surface area contributed by atoms with Crippen LogP contribution < -0.4 is 0 Å². The minimum atomic E-state index is 0.198. The Bertz CT molecular complexity index is 490. The van der Waals surface area contributed by atoms with E-state index in [2.05, 4.69) is 30.7 Å². The Kier molecular flexibility index (Phi) is 13.0. The summed E-state index contributed by atoms with van der Waals surface area (Å²) in [6.45, 7) is 12.4. The van der Waals surface area contributed by atoms with Crippen molar-refractivity contribution < 1.29 is 4.79 Å². The molecule has 0 aliphatic heterocycles. The van der Waals surface area contributed by atoms with Crippen LogP contribution in [0, 0.1) is 5.92 Å². The molecular formula is C21H36N2O. The maximum atomic E-state index is 11.8. The Hall–Kier alpha value is -1.51. The molecule has 0 atom stereocenters. The van der Waals surface area contributed by atoms with E-state index in [4.69, 9.17) is 0 Å². The number of aromatic nitrogens is 2. The van der Waals surface area contributed by atoms with Gasteiger partial charge < -0.3 is 0 Å². The number of rotatable bonds is 10. The topological polar surface area (TPSA) is 42.9 Å². The van der Waals surface area contributed by atoms with Crippen molar-refractivity contribution >= 4 is 5.78 Å². The molecule has 0 unspecified atom stereocenters. The summed E-state index contributed by atoms with van der Waals surface area (Å²) in [5, 5.41) is 0. The molecule has 0 saturated heterocycles. The van der Waals surface area contributed by atoms with Gasteiger partial charge in [-0.1, -0.05) is 53.5 Å². The number of unbranched alkanes of at least 4 members (excludes halogenated alkanes) is 1. The first-order valence-electron chi connectivity index (χ1n) is 9.68. The number of allylic oxidation sites excluding steroid dienone is 2. The fourth-order valence-electron chi connectivity index (χ4n) is 2.64. The minimum Gasteiger partial charge on any atom is -0.295 e. The van der Waals surface area contributed by atoms with E-state index in [0.29, 0.717) is 18.8 Å². The summed E-state index contributed by atoms with van der Waals surface area (Å²) in [5.74, 6) is 1.48. The molecule has 0 aliphatic rings. The molecule has 1 heterocycles. The summed E-state index contributed by atoms with van der Waals surface area (Å²) in [4.78, 5) is 20.9. The molecule has 1 rings (SSSR count). The Morgan fingerprint density at radius 1 is 1.17 bits per heavy atom. The zero-order valence-corrected chi connectivity index (χ0v) is 16.6. The van der Waals surface area contributed by atoms with Gasteiger partial charge in [0.15, 0.2) is 5.78 Å². The van der Waals surface area contributed by atoms with Crippen LogP contribution in [0.5, 0.6) is 0 Å². The lowest BCUT2D eigenvalue weighted by Crippen LogP contribution is -2.10. The van der Waals surface area contributed by atoms with E-state index in [1.54, 1.807) is 0 Å². The zero-order valence-electron chi connectivity index (χ0n) is 16.6.